The number of carbonyl (C=O) groups excluding carboxylic acids is 2. The molecule has 4 rings (SSSR count). The van der Waals surface area contributed by atoms with Crippen LogP contribution in [0.3, 0.4) is 0 Å². The zero-order valence-electron chi connectivity index (χ0n) is 15.8. The van der Waals surface area contributed by atoms with Crippen LogP contribution in [0.4, 0.5) is 10.1 Å². The van der Waals surface area contributed by atoms with E-state index in [1.165, 1.54) is 30.1 Å². The Hall–Kier alpha value is -2.90. The molecule has 0 bridgehead atoms. The van der Waals surface area contributed by atoms with Crippen molar-refractivity contribution < 1.29 is 18.7 Å². The molecule has 0 radical (unpaired) electrons. The number of anilines is 1. The van der Waals surface area contributed by atoms with Crippen LogP contribution in [0.25, 0.3) is 0 Å². The Labute approximate surface area is 181 Å². The van der Waals surface area contributed by atoms with Crippen LogP contribution in [0.2, 0.25) is 5.15 Å². The van der Waals surface area contributed by atoms with Crippen molar-refractivity contribution in [3.63, 3.8) is 0 Å². The van der Waals surface area contributed by atoms with E-state index in [1.54, 1.807) is 47.4 Å². The van der Waals surface area contributed by atoms with Gasteiger partial charge in [0.25, 0.3) is 0 Å². The van der Waals surface area contributed by atoms with Gasteiger partial charge in [-0.3, -0.25) is 9.69 Å². The lowest BCUT2D eigenvalue weighted by Crippen LogP contribution is -2.28. The van der Waals surface area contributed by atoms with Crippen molar-refractivity contribution in [1.29, 1.82) is 0 Å². The third-order valence-electron chi connectivity index (χ3n) is 4.64. The standard InChI is InChI=1S/C22H16ClFN2O3S/c1-13-11-15(22(28)29-18-3-2-10-25-20(18)23)6-9-17(13)26-19(27)12-30-21(26)14-4-7-16(24)8-5-14/h2-11,21H,12H2,1H3. The maximum atomic E-state index is 13.3. The number of ether oxygens (including phenoxy) is 1. The number of pyridine rings is 1. The van der Waals surface area contributed by atoms with Crippen molar-refractivity contribution in [1.82, 2.24) is 4.98 Å². The zero-order valence-corrected chi connectivity index (χ0v) is 17.4. The molecule has 2 heterocycles. The first kappa shape index (κ1) is 20.4. The van der Waals surface area contributed by atoms with E-state index < -0.39 is 5.97 Å². The van der Waals surface area contributed by atoms with Crippen molar-refractivity contribution in [2.45, 2.75) is 12.3 Å². The maximum absolute atomic E-state index is 13.3. The second kappa shape index (κ2) is 8.45. The number of nitrogens with zero attached hydrogens (tertiary/aromatic N) is 2. The number of halogens is 2. The Balaban J connectivity index is 1.60. The molecule has 2 aromatic carbocycles. The average Bonchev–Trinajstić information content (AvgIpc) is 3.11. The summed E-state index contributed by atoms with van der Waals surface area (Å²) in [6, 6.07) is 14.3. The number of thioether (sulfide) groups is 1. The second-order valence-electron chi connectivity index (χ2n) is 6.66. The molecule has 1 fully saturated rings. The Kier molecular flexibility index (Phi) is 5.74. The second-order valence-corrected chi connectivity index (χ2v) is 8.09. The van der Waals surface area contributed by atoms with Gasteiger partial charge in [-0.2, -0.15) is 0 Å². The van der Waals surface area contributed by atoms with Crippen LogP contribution < -0.4 is 9.64 Å². The Morgan fingerprint density at radius 1 is 1.23 bits per heavy atom. The van der Waals surface area contributed by atoms with Gasteiger partial charge in [0, 0.05) is 11.9 Å². The Bertz CT molecular complexity index is 1120. The van der Waals surface area contributed by atoms with Crippen LogP contribution in [0.5, 0.6) is 5.75 Å². The van der Waals surface area contributed by atoms with E-state index >= 15 is 0 Å². The van der Waals surface area contributed by atoms with E-state index in [9.17, 15) is 14.0 Å². The molecular formula is C22H16ClFN2O3S. The van der Waals surface area contributed by atoms with Gasteiger partial charge in [-0.05, 0) is 60.5 Å². The molecule has 1 aliphatic rings. The molecule has 0 spiro atoms. The Morgan fingerprint density at radius 2 is 2.00 bits per heavy atom. The molecular weight excluding hydrogens is 427 g/mol. The number of aromatic nitrogens is 1. The van der Waals surface area contributed by atoms with Gasteiger partial charge in [-0.1, -0.05) is 23.7 Å². The van der Waals surface area contributed by atoms with Crippen molar-refractivity contribution in [2.75, 3.05) is 10.7 Å². The number of hydrogen-bond donors (Lipinski definition) is 0. The molecule has 30 heavy (non-hydrogen) atoms. The smallest absolute Gasteiger partial charge is 0.343 e. The minimum absolute atomic E-state index is 0.0464. The van der Waals surface area contributed by atoms with Gasteiger partial charge in [0.05, 0.1) is 11.3 Å². The third-order valence-corrected chi connectivity index (χ3v) is 6.14. The van der Waals surface area contributed by atoms with Crippen molar-refractivity contribution in [3.05, 3.63) is 88.5 Å². The van der Waals surface area contributed by atoms with Crippen LogP contribution in [0.1, 0.15) is 26.9 Å². The van der Waals surface area contributed by atoms with Gasteiger partial charge < -0.3 is 4.74 Å². The molecule has 1 unspecified atom stereocenters. The van der Waals surface area contributed by atoms with Crippen molar-refractivity contribution in [2.24, 2.45) is 0 Å². The molecule has 5 nitrogen and oxygen atoms in total. The highest BCUT2D eigenvalue weighted by Crippen LogP contribution is 2.43. The molecule has 1 aromatic heterocycles. The molecule has 1 atom stereocenters. The van der Waals surface area contributed by atoms with Gasteiger partial charge >= 0.3 is 5.97 Å². The normalized spacial score (nSPS) is 16.0. The molecule has 152 valence electrons. The highest BCUT2D eigenvalue weighted by Gasteiger charge is 2.35. The van der Waals surface area contributed by atoms with E-state index in [0.717, 1.165) is 11.1 Å². The lowest BCUT2D eigenvalue weighted by molar-refractivity contribution is -0.115. The maximum Gasteiger partial charge on any atom is 0.343 e. The fourth-order valence-corrected chi connectivity index (χ4v) is 4.54. The van der Waals surface area contributed by atoms with Crippen molar-refractivity contribution >= 4 is 40.9 Å². The lowest BCUT2D eigenvalue weighted by atomic mass is 10.1. The quantitative estimate of drug-likeness (QED) is 0.411. The van der Waals surface area contributed by atoms with Gasteiger partial charge in [0.1, 0.15) is 11.2 Å². The summed E-state index contributed by atoms with van der Waals surface area (Å²) in [6.45, 7) is 1.82. The number of esters is 1. The van der Waals surface area contributed by atoms with E-state index in [1.807, 2.05) is 6.92 Å². The lowest BCUT2D eigenvalue weighted by Gasteiger charge is -2.26. The summed E-state index contributed by atoms with van der Waals surface area (Å²) in [4.78, 5) is 30.7. The van der Waals surface area contributed by atoms with Crippen molar-refractivity contribution in [3.8, 4) is 5.75 Å². The first-order valence-electron chi connectivity index (χ1n) is 9.06. The fraction of sp³-hybridized carbons (Fsp3) is 0.136. The largest absolute Gasteiger partial charge is 0.420 e. The number of rotatable bonds is 4. The van der Waals surface area contributed by atoms with E-state index in [-0.39, 0.29) is 28.0 Å². The van der Waals surface area contributed by atoms with Crippen LogP contribution in [0.15, 0.2) is 60.8 Å². The Morgan fingerprint density at radius 3 is 2.70 bits per heavy atom. The molecule has 3 aromatic rings. The van der Waals surface area contributed by atoms with E-state index in [4.69, 9.17) is 16.3 Å². The molecule has 1 saturated heterocycles. The van der Waals surface area contributed by atoms with Gasteiger partial charge in [-0.15, -0.1) is 11.8 Å². The molecule has 0 aliphatic carbocycles. The topological polar surface area (TPSA) is 59.5 Å². The number of amides is 1. The number of carbonyl (C=O) groups is 2. The highest BCUT2D eigenvalue weighted by atomic mass is 35.5. The highest BCUT2D eigenvalue weighted by molar-refractivity contribution is 8.00. The summed E-state index contributed by atoms with van der Waals surface area (Å²) >= 11 is 7.42. The summed E-state index contributed by atoms with van der Waals surface area (Å²) < 4.78 is 18.6. The molecule has 1 amide bonds. The molecule has 8 heteroatoms. The van der Waals surface area contributed by atoms with E-state index in [2.05, 4.69) is 4.98 Å². The first-order valence-corrected chi connectivity index (χ1v) is 10.5. The number of benzene rings is 2. The number of aryl methyl sites for hydroxylation is 1. The van der Waals surface area contributed by atoms with Crippen LogP contribution in [0, 0.1) is 12.7 Å². The third kappa shape index (κ3) is 4.04. The van der Waals surface area contributed by atoms with Crippen LogP contribution in [-0.2, 0) is 4.79 Å². The predicted octanol–water partition coefficient (Wildman–Crippen LogP) is 5.18. The fourth-order valence-electron chi connectivity index (χ4n) is 3.22. The van der Waals surface area contributed by atoms with Crippen LogP contribution >= 0.6 is 23.4 Å². The van der Waals surface area contributed by atoms with Gasteiger partial charge in [0.15, 0.2) is 10.9 Å². The first-order chi connectivity index (χ1) is 14.4. The summed E-state index contributed by atoms with van der Waals surface area (Å²) in [6.07, 6.45) is 1.50. The minimum Gasteiger partial charge on any atom is -0.420 e. The molecule has 0 N–H and O–H groups in total. The summed E-state index contributed by atoms with van der Waals surface area (Å²) in [7, 11) is 0. The summed E-state index contributed by atoms with van der Waals surface area (Å²) in [5, 5.41) is -0.162. The van der Waals surface area contributed by atoms with E-state index in [0.29, 0.717) is 17.0 Å². The summed E-state index contributed by atoms with van der Waals surface area (Å²) in [5.74, 6) is -0.447. The summed E-state index contributed by atoms with van der Waals surface area (Å²) in [5.41, 5.74) is 2.59. The minimum atomic E-state index is -0.572. The molecule has 0 saturated carbocycles. The van der Waals surface area contributed by atoms with Gasteiger partial charge in [0.2, 0.25) is 5.91 Å². The monoisotopic (exact) mass is 442 g/mol. The van der Waals surface area contributed by atoms with Crippen LogP contribution in [-0.4, -0.2) is 22.6 Å². The zero-order chi connectivity index (χ0) is 21.3. The predicted molar refractivity (Wildman–Crippen MR) is 114 cm³/mol. The number of hydrogen-bond acceptors (Lipinski definition) is 5. The van der Waals surface area contributed by atoms with Gasteiger partial charge in [-0.25, -0.2) is 14.2 Å². The molecule has 1 aliphatic heterocycles. The average molecular weight is 443 g/mol. The SMILES string of the molecule is Cc1cc(C(=O)Oc2cccnc2Cl)ccc1N1C(=O)CSC1c1ccc(F)cc1.